The van der Waals surface area contributed by atoms with E-state index >= 15 is 0 Å². The number of esters is 1. The predicted octanol–water partition coefficient (Wildman–Crippen LogP) is 2.40. The third kappa shape index (κ3) is 2.68. The highest BCUT2D eigenvalue weighted by Gasteiger charge is 2.23. The molecule has 0 radical (unpaired) electrons. The summed E-state index contributed by atoms with van der Waals surface area (Å²) in [5, 5.41) is 0. The van der Waals surface area contributed by atoms with Gasteiger partial charge in [-0.15, -0.1) is 0 Å². The summed E-state index contributed by atoms with van der Waals surface area (Å²) >= 11 is 0. The highest BCUT2D eigenvalue weighted by molar-refractivity contribution is 5.72. The summed E-state index contributed by atoms with van der Waals surface area (Å²) < 4.78 is 4.66. The van der Waals surface area contributed by atoms with Crippen LogP contribution in [0.3, 0.4) is 0 Å². The molecule has 0 aliphatic rings. The number of ether oxygens (including phenoxy) is 1. The number of hydrogen-bond donors (Lipinski definition) is 0. The van der Waals surface area contributed by atoms with Crippen molar-refractivity contribution in [3.63, 3.8) is 0 Å². The van der Waals surface area contributed by atoms with Gasteiger partial charge in [-0.05, 0) is 19.3 Å². The molecule has 0 amide bonds. The molecule has 0 saturated carbocycles. The third-order valence-corrected chi connectivity index (χ3v) is 2.25. The first-order valence-electron chi connectivity index (χ1n) is 4.27. The molecule has 12 heavy (non-hydrogen) atoms. The molecule has 2 heteroatoms. The second-order valence-electron chi connectivity index (χ2n) is 3.17. The molecule has 0 aromatic carbocycles. The van der Waals surface area contributed by atoms with Crippen molar-refractivity contribution >= 4 is 5.97 Å². The van der Waals surface area contributed by atoms with Crippen molar-refractivity contribution in [1.82, 2.24) is 0 Å². The molecule has 0 spiro atoms. The van der Waals surface area contributed by atoms with Crippen LogP contribution in [-0.2, 0) is 9.53 Å². The zero-order valence-corrected chi connectivity index (χ0v) is 8.39. The van der Waals surface area contributed by atoms with Crippen molar-refractivity contribution in [1.29, 1.82) is 0 Å². The Balaban J connectivity index is 4.30. The molecule has 2 nitrogen and oxygen atoms in total. The van der Waals surface area contributed by atoms with E-state index < -0.39 is 0 Å². The number of rotatable bonds is 4. The topological polar surface area (TPSA) is 26.3 Å². The Bertz CT molecular complexity index is 173. The number of hydrogen-bond acceptors (Lipinski definition) is 2. The van der Waals surface area contributed by atoms with E-state index in [1.165, 1.54) is 7.11 Å². The van der Waals surface area contributed by atoms with E-state index in [1.807, 2.05) is 13.8 Å². The first kappa shape index (κ1) is 11.2. The summed E-state index contributed by atoms with van der Waals surface area (Å²) in [6.07, 6.45) is 0.936. The zero-order chi connectivity index (χ0) is 9.72. The smallest absolute Gasteiger partial charge is 0.308 e. The van der Waals surface area contributed by atoms with Crippen molar-refractivity contribution in [3.8, 4) is 0 Å². The molecule has 0 unspecified atom stereocenters. The van der Waals surface area contributed by atoms with Gasteiger partial charge in [-0.3, -0.25) is 4.79 Å². The van der Waals surface area contributed by atoms with Crippen LogP contribution in [0.1, 0.15) is 27.2 Å². The molecule has 0 fully saturated rings. The normalized spacial score (nSPS) is 15.0. The Hall–Kier alpha value is -0.790. The molecular formula is C10H18O2. The highest BCUT2D eigenvalue weighted by atomic mass is 16.5. The monoisotopic (exact) mass is 170 g/mol. The highest BCUT2D eigenvalue weighted by Crippen LogP contribution is 2.23. The van der Waals surface area contributed by atoms with Gasteiger partial charge in [0, 0.05) is 0 Å². The van der Waals surface area contributed by atoms with Gasteiger partial charge in [0.1, 0.15) is 0 Å². The zero-order valence-electron chi connectivity index (χ0n) is 8.39. The van der Waals surface area contributed by atoms with Crippen molar-refractivity contribution < 1.29 is 9.53 Å². The lowest BCUT2D eigenvalue weighted by Gasteiger charge is -2.20. The Morgan fingerprint density at radius 3 is 2.33 bits per heavy atom. The largest absolute Gasteiger partial charge is 0.469 e. The van der Waals surface area contributed by atoms with Gasteiger partial charge >= 0.3 is 5.97 Å². The van der Waals surface area contributed by atoms with Crippen molar-refractivity contribution in [2.75, 3.05) is 7.11 Å². The Morgan fingerprint density at radius 1 is 1.58 bits per heavy atom. The van der Waals surface area contributed by atoms with E-state index in [0.717, 1.165) is 12.0 Å². The first-order valence-corrected chi connectivity index (χ1v) is 4.27. The first-order chi connectivity index (χ1) is 5.54. The fraction of sp³-hybridized carbons (Fsp3) is 0.700. The van der Waals surface area contributed by atoms with E-state index in [9.17, 15) is 4.79 Å². The van der Waals surface area contributed by atoms with Crippen LogP contribution >= 0.6 is 0 Å². The number of carbonyl (C=O) groups is 1. The standard InChI is InChI=1S/C10H18O2/c1-6-9(7(2)3)8(4)10(11)12-5/h8-9H,2,6H2,1,3-5H3/t8-,9-/m0/s1. The Kier molecular flexibility index (Phi) is 4.64. The maximum Gasteiger partial charge on any atom is 0.308 e. The van der Waals surface area contributed by atoms with Crippen LogP contribution in [0.15, 0.2) is 12.2 Å². The van der Waals surface area contributed by atoms with Crippen LogP contribution in [0.2, 0.25) is 0 Å². The lowest BCUT2D eigenvalue weighted by molar-refractivity contribution is -0.146. The van der Waals surface area contributed by atoms with Crippen molar-refractivity contribution in [2.45, 2.75) is 27.2 Å². The van der Waals surface area contributed by atoms with Gasteiger partial charge in [0.15, 0.2) is 0 Å². The maximum atomic E-state index is 11.2. The Morgan fingerprint density at radius 2 is 2.08 bits per heavy atom. The van der Waals surface area contributed by atoms with Gasteiger partial charge in [0.05, 0.1) is 13.0 Å². The summed E-state index contributed by atoms with van der Waals surface area (Å²) in [5.74, 6) is 0.0276. The molecule has 2 atom stereocenters. The molecule has 0 rings (SSSR count). The van der Waals surface area contributed by atoms with E-state index in [1.54, 1.807) is 0 Å². The minimum absolute atomic E-state index is 0.0718. The maximum absolute atomic E-state index is 11.2. The van der Waals surface area contributed by atoms with Crippen molar-refractivity contribution in [2.24, 2.45) is 11.8 Å². The van der Waals surface area contributed by atoms with E-state index in [-0.39, 0.29) is 17.8 Å². The van der Waals surface area contributed by atoms with Gasteiger partial charge in [-0.25, -0.2) is 0 Å². The van der Waals surface area contributed by atoms with E-state index in [4.69, 9.17) is 0 Å². The average molecular weight is 170 g/mol. The van der Waals surface area contributed by atoms with Gasteiger partial charge in [0.2, 0.25) is 0 Å². The number of allylic oxidation sites excluding steroid dienone is 1. The minimum atomic E-state index is -0.148. The minimum Gasteiger partial charge on any atom is -0.469 e. The SMILES string of the molecule is C=C(C)[C@H](CC)[C@H](C)C(=O)OC. The molecule has 0 N–H and O–H groups in total. The van der Waals surface area contributed by atoms with Crippen LogP contribution < -0.4 is 0 Å². The summed E-state index contributed by atoms with van der Waals surface area (Å²) in [4.78, 5) is 11.2. The van der Waals surface area contributed by atoms with Crippen LogP contribution in [0.5, 0.6) is 0 Å². The lowest BCUT2D eigenvalue weighted by Crippen LogP contribution is -2.22. The third-order valence-electron chi connectivity index (χ3n) is 2.25. The molecule has 0 aromatic rings. The van der Waals surface area contributed by atoms with Gasteiger partial charge in [0.25, 0.3) is 0 Å². The summed E-state index contributed by atoms with van der Waals surface area (Å²) in [6, 6.07) is 0. The second kappa shape index (κ2) is 4.96. The molecule has 0 aromatic heterocycles. The fourth-order valence-electron chi connectivity index (χ4n) is 1.48. The number of methoxy groups -OCH3 is 1. The Labute approximate surface area is 74.6 Å². The van der Waals surface area contributed by atoms with Crippen LogP contribution in [-0.4, -0.2) is 13.1 Å². The summed E-state index contributed by atoms with van der Waals surface area (Å²) in [7, 11) is 1.42. The van der Waals surface area contributed by atoms with Crippen LogP contribution in [0.25, 0.3) is 0 Å². The quantitative estimate of drug-likeness (QED) is 0.478. The fourth-order valence-corrected chi connectivity index (χ4v) is 1.48. The summed E-state index contributed by atoms with van der Waals surface area (Å²) in [5.41, 5.74) is 1.05. The molecule has 0 aliphatic carbocycles. The number of carbonyl (C=O) groups excluding carboxylic acids is 1. The van der Waals surface area contributed by atoms with Gasteiger partial charge < -0.3 is 4.74 Å². The molecule has 0 bridgehead atoms. The molecule has 0 heterocycles. The van der Waals surface area contributed by atoms with Crippen LogP contribution in [0, 0.1) is 11.8 Å². The molecule has 0 saturated heterocycles. The molecule has 70 valence electrons. The predicted molar refractivity (Wildman–Crippen MR) is 49.8 cm³/mol. The second-order valence-corrected chi connectivity index (χ2v) is 3.17. The van der Waals surface area contributed by atoms with Gasteiger partial charge in [-0.2, -0.15) is 0 Å². The van der Waals surface area contributed by atoms with Crippen LogP contribution in [0.4, 0.5) is 0 Å². The average Bonchev–Trinajstić information content (AvgIpc) is 2.03. The lowest BCUT2D eigenvalue weighted by atomic mass is 9.86. The molecular weight excluding hydrogens is 152 g/mol. The van der Waals surface area contributed by atoms with Crippen molar-refractivity contribution in [3.05, 3.63) is 12.2 Å². The summed E-state index contributed by atoms with van der Waals surface area (Å²) in [6.45, 7) is 9.75. The van der Waals surface area contributed by atoms with E-state index in [0.29, 0.717) is 0 Å². The molecule has 0 aliphatic heterocycles. The van der Waals surface area contributed by atoms with Gasteiger partial charge in [-0.1, -0.05) is 26.0 Å². The van der Waals surface area contributed by atoms with E-state index in [2.05, 4.69) is 18.2 Å².